The number of carbonyl (C=O) groups excluding carboxylic acids is 1. The Morgan fingerprint density at radius 1 is 1.29 bits per heavy atom. The molecular weight excluding hydrogens is 364 g/mol. The van der Waals surface area contributed by atoms with E-state index in [0.29, 0.717) is 24.2 Å². The molecule has 1 saturated heterocycles. The van der Waals surface area contributed by atoms with Gasteiger partial charge in [0.1, 0.15) is 0 Å². The number of anilines is 1. The number of nitrogens with zero attached hydrogens (tertiary/aromatic N) is 4. The number of alkyl halides is 2. The Hall–Kier alpha value is -3.03. The maximum Gasteiger partial charge on any atom is 0.290 e. The van der Waals surface area contributed by atoms with Gasteiger partial charge in [0.05, 0.1) is 17.3 Å². The quantitative estimate of drug-likeness (QED) is 0.750. The number of hydrogen-bond acceptors (Lipinski definition) is 4. The van der Waals surface area contributed by atoms with Gasteiger partial charge in [-0.1, -0.05) is 30.3 Å². The van der Waals surface area contributed by atoms with Crippen LogP contribution in [0.3, 0.4) is 0 Å². The molecule has 8 heteroatoms. The first-order chi connectivity index (χ1) is 13.4. The fourth-order valence-electron chi connectivity index (χ4n) is 3.88. The van der Waals surface area contributed by atoms with Gasteiger partial charge < -0.3 is 10.2 Å². The van der Waals surface area contributed by atoms with Crippen LogP contribution in [0.2, 0.25) is 0 Å². The van der Waals surface area contributed by atoms with Gasteiger partial charge in [0.15, 0.2) is 5.65 Å². The molecule has 2 aromatic heterocycles. The van der Waals surface area contributed by atoms with Crippen LogP contribution < -0.4 is 10.2 Å². The summed E-state index contributed by atoms with van der Waals surface area (Å²) in [6.07, 6.45) is -0.350. The lowest BCUT2D eigenvalue weighted by molar-refractivity contribution is 0.0606. The molecule has 146 valence electrons. The van der Waals surface area contributed by atoms with Gasteiger partial charge >= 0.3 is 0 Å². The molecule has 1 aliphatic heterocycles. The summed E-state index contributed by atoms with van der Waals surface area (Å²) in [5, 5.41) is 6.73. The molecule has 0 unspecified atom stereocenters. The lowest BCUT2D eigenvalue weighted by Gasteiger charge is -2.29. The van der Waals surface area contributed by atoms with Crippen molar-refractivity contribution in [3.8, 4) is 0 Å². The van der Waals surface area contributed by atoms with Gasteiger partial charge in [-0.25, -0.2) is 18.3 Å². The molecule has 0 aliphatic carbocycles. The summed E-state index contributed by atoms with van der Waals surface area (Å²) in [6.45, 7) is 2.60. The molecule has 3 heterocycles. The van der Waals surface area contributed by atoms with Crippen molar-refractivity contribution in [3.05, 3.63) is 59.5 Å². The van der Waals surface area contributed by atoms with Crippen LogP contribution in [0.25, 0.3) is 5.65 Å². The lowest BCUT2D eigenvalue weighted by Crippen LogP contribution is -2.38. The Labute approximate surface area is 161 Å². The second kappa shape index (κ2) is 6.85. The number of benzene rings is 1. The number of carbonyl (C=O) groups is 1. The summed E-state index contributed by atoms with van der Waals surface area (Å²) in [6, 6.07) is 10.9. The molecule has 0 radical (unpaired) electrons. The zero-order valence-electron chi connectivity index (χ0n) is 15.7. The minimum absolute atomic E-state index is 0.0791. The summed E-state index contributed by atoms with van der Waals surface area (Å²) in [5.74, 6) is -0.290. The maximum absolute atomic E-state index is 14.1. The van der Waals surface area contributed by atoms with Gasteiger partial charge in [0.2, 0.25) is 12.2 Å². The standard InChI is InChI=1S/C20H21F2N5O/c1-13-10-15(11-27-17(13)24-16(25-27)18(28)23-2)26-9-8-20(12-26,19(21)22)14-6-4-3-5-7-14/h3-7,10-11,19H,8-9,12H2,1-2H3,(H,23,28)/t20-/m0/s1. The van der Waals surface area contributed by atoms with Crippen molar-refractivity contribution < 1.29 is 13.6 Å². The van der Waals surface area contributed by atoms with Crippen molar-refractivity contribution in [1.29, 1.82) is 0 Å². The molecule has 6 nitrogen and oxygen atoms in total. The Kier molecular flexibility index (Phi) is 4.49. The van der Waals surface area contributed by atoms with Crippen LogP contribution in [0, 0.1) is 6.92 Å². The van der Waals surface area contributed by atoms with Crippen molar-refractivity contribution in [2.24, 2.45) is 0 Å². The van der Waals surface area contributed by atoms with Crippen molar-refractivity contribution in [3.63, 3.8) is 0 Å². The summed E-state index contributed by atoms with van der Waals surface area (Å²) >= 11 is 0. The number of halogens is 2. The van der Waals surface area contributed by atoms with Gasteiger partial charge in [-0.05, 0) is 30.5 Å². The number of amides is 1. The molecule has 0 saturated carbocycles. The molecule has 0 bridgehead atoms. The molecule has 1 N–H and O–H groups in total. The van der Waals surface area contributed by atoms with Gasteiger partial charge in [0, 0.05) is 20.1 Å². The molecule has 1 fully saturated rings. The number of fused-ring (bicyclic) bond motifs is 1. The Balaban J connectivity index is 1.70. The van der Waals surface area contributed by atoms with Crippen molar-refractivity contribution in [2.45, 2.75) is 25.2 Å². The number of aromatic nitrogens is 3. The summed E-state index contributed by atoms with van der Waals surface area (Å²) in [4.78, 5) is 18.0. The summed E-state index contributed by atoms with van der Waals surface area (Å²) < 4.78 is 29.8. The molecule has 1 aliphatic rings. The molecule has 0 spiro atoms. The van der Waals surface area contributed by atoms with Crippen molar-refractivity contribution in [2.75, 3.05) is 25.0 Å². The highest BCUT2D eigenvalue weighted by Gasteiger charge is 2.47. The number of pyridine rings is 1. The monoisotopic (exact) mass is 385 g/mol. The van der Waals surface area contributed by atoms with E-state index >= 15 is 0 Å². The van der Waals surface area contributed by atoms with E-state index in [1.54, 1.807) is 35.0 Å². The third kappa shape index (κ3) is 2.89. The molecule has 28 heavy (non-hydrogen) atoms. The second-order valence-corrected chi connectivity index (χ2v) is 7.16. The summed E-state index contributed by atoms with van der Waals surface area (Å²) in [7, 11) is 1.52. The van der Waals surface area contributed by atoms with E-state index < -0.39 is 11.8 Å². The summed E-state index contributed by atoms with van der Waals surface area (Å²) in [5.41, 5.74) is 1.66. The Morgan fingerprint density at radius 2 is 2.04 bits per heavy atom. The predicted octanol–water partition coefficient (Wildman–Crippen LogP) is 2.81. The van der Waals surface area contributed by atoms with Gasteiger partial charge in [-0.15, -0.1) is 5.10 Å². The first-order valence-corrected chi connectivity index (χ1v) is 9.12. The average Bonchev–Trinajstić information content (AvgIpc) is 3.34. The number of nitrogens with one attached hydrogen (secondary N) is 1. The van der Waals surface area contributed by atoms with Crippen LogP contribution in [0.5, 0.6) is 0 Å². The Bertz CT molecular complexity index is 1020. The minimum atomic E-state index is -2.46. The van der Waals surface area contributed by atoms with E-state index in [9.17, 15) is 13.6 Å². The van der Waals surface area contributed by atoms with Crippen LogP contribution in [0.4, 0.5) is 14.5 Å². The van der Waals surface area contributed by atoms with Crippen LogP contribution >= 0.6 is 0 Å². The highest BCUT2D eigenvalue weighted by molar-refractivity contribution is 5.90. The highest BCUT2D eigenvalue weighted by Crippen LogP contribution is 2.41. The zero-order chi connectivity index (χ0) is 19.9. The highest BCUT2D eigenvalue weighted by atomic mass is 19.3. The van der Waals surface area contributed by atoms with E-state index in [1.807, 2.05) is 24.0 Å². The van der Waals surface area contributed by atoms with E-state index in [-0.39, 0.29) is 18.3 Å². The van der Waals surface area contributed by atoms with Crippen molar-refractivity contribution >= 4 is 17.2 Å². The zero-order valence-corrected chi connectivity index (χ0v) is 15.7. The number of aryl methyl sites for hydroxylation is 1. The van der Waals surface area contributed by atoms with Crippen molar-refractivity contribution in [1.82, 2.24) is 19.9 Å². The number of hydrogen-bond donors (Lipinski definition) is 1. The van der Waals surface area contributed by atoms with E-state index in [2.05, 4.69) is 15.4 Å². The first-order valence-electron chi connectivity index (χ1n) is 9.12. The molecule has 1 amide bonds. The van der Waals surface area contributed by atoms with E-state index in [0.717, 1.165) is 11.3 Å². The van der Waals surface area contributed by atoms with Crippen LogP contribution in [-0.4, -0.2) is 47.1 Å². The van der Waals surface area contributed by atoms with Crippen LogP contribution in [0.1, 0.15) is 28.2 Å². The third-order valence-electron chi connectivity index (χ3n) is 5.47. The second-order valence-electron chi connectivity index (χ2n) is 7.16. The average molecular weight is 385 g/mol. The normalized spacial score (nSPS) is 19.5. The molecule has 1 aromatic carbocycles. The SMILES string of the molecule is CNC(=O)c1nc2c(C)cc(N3CC[C@](c4ccccc4)(C(F)F)C3)cn2n1. The smallest absolute Gasteiger partial charge is 0.290 e. The largest absolute Gasteiger partial charge is 0.369 e. The fraction of sp³-hybridized carbons (Fsp3) is 0.350. The topological polar surface area (TPSA) is 62.5 Å². The fourth-order valence-corrected chi connectivity index (χ4v) is 3.88. The number of rotatable bonds is 4. The lowest BCUT2D eigenvalue weighted by atomic mass is 9.80. The predicted molar refractivity (Wildman–Crippen MR) is 102 cm³/mol. The molecule has 1 atom stereocenters. The molecule has 4 rings (SSSR count). The minimum Gasteiger partial charge on any atom is -0.369 e. The van der Waals surface area contributed by atoms with Gasteiger partial charge in [0.25, 0.3) is 5.91 Å². The van der Waals surface area contributed by atoms with Crippen LogP contribution in [-0.2, 0) is 5.41 Å². The van der Waals surface area contributed by atoms with Gasteiger partial charge in [-0.2, -0.15) is 0 Å². The van der Waals surface area contributed by atoms with E-state index in [1.165, 1.54) is 7.05 Å². The maximum atomic E-state index is 14.1. The first kappa shape index (κ1) is 18.3. The Morgan fingerprint density at radius 3 is 2.71 bits per heavy atom. The van der Waals surface area contributed by atoms with Gasteiger partial charge in [-0.3, -0.25) is 4.79 Å². The molecule has 3 aromatic rings. The van der Waals surface area contributed by atoms with E-state index in [4.69, 9.17) is 0 Å². The molecular formula is C20H21F2N5O. The van der Waals surface area contributed by atoms with Crippen LogP contribution in [0.15, 0.2) is 42.6 Å². The third-order valence-corrected chi connectivity index (χ3v) is 5.47.